The van der Waals surface area contributed by atoms with Crippen LogP contribution in [-0.2, 0) is 15.0 Å². The third kappa shape index (κ3) is 5.52. The molecule has 8 heteroatoms. The number of aromatic nitrogens is 3. The Bertz CT molecular complexity index is 1270. The second-order valence-electron chi connectivity index (χ2n) is 12.0. The van der Waals surface area contributed by atoms with Crippen LogP contribution in [0.4, 0.5) is 0 Å². The molecule has 0 spiro atoms. The van der Waals surface area contributed by atoms with Gasteiger partial charge in [-0.2, -0.15) is 0 Å². The highest BCUT2D eigenvalue weighted by atomic mass is 16.3. The van der Waals surface area contributed by atoms with E-state index in [0.717, 1.165) is 42.3 Å². The van der Waals surface area contributed by atoms with Crippen LogP contribution in [0.2, 0.25) is 0 Å². The number of rotatable bonds is 7. The number of amides is 1. The first-order valence-corrected chi connectivity index (χ1v) is 13.9. The molecule has 1 saturated carbocycles. The van der Waals surface area contributed by atoms with Crippen LogP contribution in [0.1, 0.15) is 87.8 Å². The van der Waals surface area contributed by atoms with Crippen molar-refractivity contribution in [2.45, 2.75) is 94.7 Å². The van der Waals surface area contributed by atoms with Gasteiger partial charge in [0.25, 0.3) is 0 Å². The Morgan fingerprint density at radius 3 is 2.45 bits per heavy atom. The third-order valence-electron chi connectivity index (χ3n) is 8.16. The van der Waals surface area contributed by atoms with Gasteiger partial charge in [-0.3, -0.25) is 14.6 Å². The van der Waals surface area contributed by atoms with Gasteiger partial charge in [-0.05, 0) is 35.8 Å². The number of hydrogen-bond donors (Lipinski definition) is 4. The van der Waals surface area contributed by atoms with Gasteiger partial charge in [0.15, 0.2) is 5.78 Å². The second kappa shape index (κ2) is 10.9. The van der Waals surface area contributed by atoms with E-state index in [4.69, 9.17) is 0 Å². The van der Waals surface area contributed by atoms with Crippen LogP contribution >= 0.6 is 0 Å². The molecule has 4 N–H and O–H groups in total. The second-order valence-corrected chi connectivity index (χ2v) is 12.0. The summed E-state index contributed by atoms with van der Waals surface area (Å²) < 4.78 is 0. The van der Waals surface area contributed by atoms with Crippen molar-refractivity contribution in [2.24, 2.45) is 0 Å². The van der Waals surface area contributed by atoms with E-state index in [1.165, 1.54) is 6.42 Å². The number of fused-ring (bicyclic) bond motifs is 1. The molecule has 2 aliphatic rings. The van der Waals surface area contributed by atoms with E-state index in [1.54, 1.807) is 18.7 Å². The highest BCUT2D eigenvalue weighted by Crippen LogP contribution is 2.39. The van der Waals surface area contributed by atoms with Crippen molar-refractivity contribution in [3.05, 3.63) is 59.7 Å². The number of Topliss-reactive ketones (excluding diaryl/α,β-unsaturated/α-hetero) is 1. The van der Waals surface area contributed by atoms with Gasteiger partial charge in [-0.15, -0.1) is 0 Å². The third-order valence-corrected chi connectivity index (χ3v) is 8.16. The Balaban J connectivity index is 1.62. The lowest BCUT2D eigenvalue weighted by atomic mass is 9.75. The lowest BCUT2D eigenvalue weighted by Gasteiger charge is -2.31. The normalized spacial score (nSPS) is 22.3. The monoisotopic (exact) mass is 517 g/mol. The Labute approximate surface area is 224 Å². The predicted octanol–water partition coefficient (Wildman–Crippen LogP) is 3.86. The minimum Gasteiger partial charge on any atom is -0.392 e. The van der Waals surface area contributed by atoms with Crippen LogP contribution in [0.15, 0.2) is 43.0 Å². The maximum atomic E-state index is 14.3. The van der Waals surface area contributed by atoms with E-state index in [-0.39, 0.29) is 23.1 Å². The molecule has 1 aliphatic heterocycles. The number of nitrogens with one attached hydrogen (secondary N) is 3. The molecule has 3 heterocycles. The zero-order valence-electron chi connectivity index (χ0n) is 22.5. The maximum absolute atomic E-state index is 14.3. The lowest BCUT2D eigenvalue weighted by molar-refractivity contribution is -0.129. The van der Waals surface area contributed by atoms with Crippen molar-refractivity contribution in [2.75, 3.05) is 6.54 Å². The Hall–Kier alpha value is -3.10. The Morgan fingerprint density at radius 2 is 1.79 bits per heavy atom. The van der Waals surface area contributed by atoms with Gasteiger partial charge < -0.3 is 20.7 Å². The van der Waals surface area contributed by atoms with Crippen LogP contribution in [0.25, 0.3) is 11.0 Å². The molecule has 1 saturated heterocycles. The molecule has 8 nitrogen and oxygen atoms in total. The van der Waals surface area contributed by atoms with Gasteiger partial charge in [-0.25, -0.2) is 4.98 Å². The van der Waals surface area contributed by atoms with Crippen molar-refractivity contribution in [1.29, 1.82) is 0 Å². The molecule has 2 aromatic heterocycles. The van der Waals surface area contributed by atoms with Gasteiger partial charge in [-0.1, -0.05) is 64.3 Å². The van der Waals surface area contributed by atoms with E-state index in [1.807, 2.05) is 12.1 Å². The highest BCUT2D eigenvalue weighted by molar-refractivity contribution is 6.00. The van der Waals surface area contributed by atoms with Gasteiger partial charge in [0.05, 0.1) is 47.5 Å². The molecule has 1 aliphatic carbocycles. The van der Waals surface area contributed by atoms with Crippen molar-refractivity contribution >= 4 is 22.7 Å². The quantitative estimate of drug-likeness (QED) is 0.378. The number of pyridine rings is 1. The number of carbonyl (C=O) groups excluding carboxylic acids is 2. The number of carbonyl (C=O) groups is 2. The number of aliphatic hydroxyl groups is 1. The number of aromatic amines is 1. The summed E-state index contributed by atoms with van der Waals surface area (Å²) in [7, 11) is 0. The molecule has 2 fully saturated rings. The van der Waals surface area contributed by atoms with E-state index < -0.39 is 24.0 Å². The van der Waals surface area contributed by atoms with Crippen LogP contribution in [0.3, 0.4) is 0 Å². The van der Waals surface area contributed by atoms with E-state index in [0.29, 0.717) is 24.0 Å². The summed E-state index contributed by atoms with van der Waals surface area (Å²) in [5.41, 5.74) is 3.89. The van der Waals surface area contributed by atoms with Crippen molar-refractivity contribution in [1.82, 2.24) is 25.6 Å². The minimum absolute atomic E-state index is 0.0442. The number of ketones is 1. The van der Waals surface area contributed by atoms with Gasteiger partial charge in [0.1, 0.15) is 0 Å². The van der Waals surface area contributed by atoms with Crippen molar-refractivity contribution in [3.63, 3.8) is 0 Å². The van der Waals surface area contributed by atoms with Gasteiger partial charge in [0, 0.05) is 24.3 Å². The fourth-order valence-corrected chi connectivity index (χ4v) is 5.99. The summed E-state index contributed by atoms with van der Waals surface area (Å²) in [4.78, 5) is 40.5. The van der Waals surface area contributed by atoms with Crippen molar-refractivity contribution in [3.8, 4) is 0 Å². The highest BCUT2D eigenvalue weighted by Gasteiger charge is 2.43. The smallest absolute Gasteiger partial charge is 0.228 e. The molecule has 5 rings (SSSR count). The number of aliphatic hydroxyl groups excluding tert-OH is 1. The molecule has 1 aromatic carbocycles. The maximum Gasteiger partial charge on any atom is 0.228 e. The molecule has 4 atom stereocenters. The molecular weight excluding hydrogens is 478 g/mol. The van der Waals surface area contributed by atoms with Crippen molar-refractivity contribution < 1.29 is 14.7 Å². The lowest BCUT2D eigenvalue weighted by Crippen LogP contribution is -2.44. The van der Waals surface area contributed by atoms with Crippen LogP contribution in [0.5, 0.6) is 0 Å². The SMILES string of the molecule is CC(C)(C)c1ccc(C(C(=O)C2CC(O)CN2)C(C(=O)NC2CCCCC2)c2cncc3[nH]cnc23)cc1. The standard InChI is InChI=1S/C30H39N5O3/c1-30(2,3)19-11-9-18(10-12-19)25(28(37)23-13-21(36)14-32-23)26(29(38)35-20-7-5-4-6-8-20)22-15-31-16-24-27(22)34-17-33-24/h9-12,15-17,20-21,23,25-26,32,36H,4-8,13-14H2,1-3H3,(H,33,34)(H,35,38). The van der Waals surface area contributed by atoms with Crippen LogP contribution < -0.4 is 10.6 Å². The number of H-pyrrole nitrogens is 1. The fraction of sp³-hybridized carbons (Fsp3) is 0.533. The fourth-order valence-electron chi connectivity index (χ4n) is 5.99. The number of hydrogen-bond acceptors (Lipinski definition) is 6. The van der Waals surface area contributed by atoms with Gasteiger partial charge >= 0.3 is 0 Å². The molecule has 1 amide bonds. The zero-order chi connectivity index (χ0) is 26.9. The first-order valence-electron chi connectivity index (χ1n) is 13.9. The Morgan fingerprint density at radius 1 is 1.05 bits per heavy atom. The minimum atomic E-state index is -0.816. The first kappa shape index (κ1) is 26.5. The van der Waals surface area contributed by atoms with E-state index >= 15 is 0 Å². The largest absolute Gasteiger partial charge is 0.392 e. The number of benzene rings is 1. The molecule has 3 aromatic rings. The first-order chi connectivity index (χ1) is 18.2. The summed E-state index contributed by atoms with van der Waals surface area (Å²) in [5.74, 6) is -1.85. The number of nitrogens with zero attached hydrogens (tertiary/aromatic N) is 2. The topological polar surface area (TPSA) is 120 Å². The van der Waals surface area contributed by atoms with Gasteiger partial charge in [0.2, 0.25) is 5.91 Å². The average molecular weight is 518 g/mol. The Kier molecular flexibility index (Phi) is 7.63. The average Bonchev–Trinajstić information content (AvgIpc) is 3.56. The summed E-state index contributed by atoms with van der Waals surface area (Å²) >= 11 is 0. The predicted molar refractivity (Wildman–Crippen MR) is 147 cm³/mol. The molecule has 202 valence electrons. The van der Waals surface area contributed by atoms with Crippen LogP contribution in [-0.4, -0.2) is 56.5 Å². The van der Waals surface area contributed by atoms with E-state index in [9.17, 15) is 14.7 Å². The summed E-state index contributed by atoms with van der Waals surface area (Å²) in [6, 6.07) is 7.62. The summed E-state index contributed by atoms with van der Waals surface area (Å²) in [6.07, 6.45) is 9.95. The zero-order valence-corrected chi connectivity index (χ0v) is 22.5. The molecule has 38 heavy (non-hydrogen) atoms. The van der Waals surface area contributed by atoms with E-state index in [2.05, 4.69) is 58.5 Å². The van der Waals surface area contributed by atoms with Crippen LogP contribution in [0, 0.1) is 0 Å². The molecule has 0 radical (unpaired) electrons. The molecule has 0 bridgehead atoms. The molecule has 4 unspecified atom stereocenters. The summed E-state index contributed by atoms with van der Waals surface area (Å²) in [5, 5.41) is 16.7. The summed E-state index contributed by atoms with van der Waals surface area (Å²) in [6.45, 7) is 6.82. The molecular formula is C30H39N5O3. The number of β-amino-alcohol motifs (C(OH)–C–C–N with tert-alkyl or cyclic N) is 1. The number of imidazole rings is 1.